The molecule has 3 saturated heterocycles. The first-order valence-electron chi connectivity index (χ1n) is 17.2. The third-order valence-corrected chi connectivity index (χ3v) is 10.1. The summed E-state index contributed by atoms with van der Waals surface area (Å²) in [6.45, 7) is 17.6. The first-order valence-corrected chi connectivity index (χ1v) is 17.2. The Morgan fingerprint density at radius 3 is 2.27 bits per heavy atom. The molecule has 4 heterocycles. The van der Waals surface area contributed by atoms with Crippen molar-refractivity contribution >= 4 is 17.5 Å². The highest BCUT2D eigenvalue weighted by molar-refractivity contribution is 5.82. The van der Waals surface area contributed by atoms with Crippen LogP contribution in [-0.2, 0) is 11.8 Å². The Morgan fingerprint density at radius 2 is 1.73 bits per heavy atom. The van der Waals surface area contributed by atoms with Gasteiger partial charge in [-0.25, -0.2) is 9.18 Å². The van der Waals surface area contributed by atoms with Crippen molar-refractivity contribution in [2.24, 2.45) is 12.5 Å². The number of hydrogen-bond acceptors (Lipinski definition) is 9. The number of likely N-dealkylation sites (tertiary alicyclic amines) is 1. The minimum Gasteiger partial charge on any atom is -0.490 e. The number of piperidine rings is 2. The zero-order chi connectivity index (χ0) is 35.0. The van der Waals surface area contributed by atoms with Crippen LogP contribution < -0.4 is 9.64 Å². The molecule has 3 fully saturated rings. The number of carbonyl (C=O) groups excluding carboxylic acids is 1. The van der Waals surface area contributed by atoms with Crippen LogP contribution in [0.1, 0.15) is 67.2 Å². The second-order valence-corrected chi connectivity index (χ2v) is 15.9. The van der Waals surface area contributed by atoms with Gasteiger partial charge in [-0.2, -0.15) is 5.10 Å². The number of nitro benzene ring substituents is 1. The minimum atomic E-state index is -1.36. The van der Waals surface area contributed by atoms with E-state index >= 15 is 4.39 Å². The summed E-state index contributed by atoms with van der Waals surface area (Å²) in [4.78, 5) is 33.3. The van der Waals surface area contributed by atoms with Crippen molar-refractivity contribution in [2.45, 2.75) is 90.6 Å². The predicted molar refractivity (Wildman–Crippen MR) is 184 cm³/mol. The van der Waals surface area contributed by atoms with E-state index in [2.05, 4.69) is 40.6 Å². The number of halogens is 1. The number of methoxy groups -OCH3 is 1. The number of carbonyl (C=O) groups is 1. The molecule has 13 heteroatoms. The lowest BCUT2D eigenvalue weighted by atomic mass is 9.75. The van der Waals surface area contributed by atoms with E-state index in [1.807, 2.05) is 34.0 Å². The molecule has 0 radical (unpaired) electrons. The Kier molecular flexibility index (Phi) is 10.3. The highest BCUT2D eigenvalue weighted by Gasteiger charge is 2.48. The topological polar surface area (TPSA) is 109 Å². The molecule has 2 aromatic rings. The van der Waals surface area contributed by atoms with E-state index in [1.165, 1.54) is 7.11 Å². The molecule has 0 N–H and O–H groups in total. The Morgan fingerprint density at radius 1 is 1.06 bits per heavy atom. The highest BCUT2D eigenvalue weighted by Crippen LogP contribution is 2.42. The molecule has 3 aliphatic heterocycles. The molecule has 12 nitrogen and oxygen atoms in total. The molecule has 0 saturated carbocycles. The zero-order valence-corrected chi connectivity index (χ0v) is 30.0. The number of alkyl halides is 1. The fourth-order valence-corrected chi connectivity index (χ4v) is 7.57. The van der Waals surface area contributed by atoms with Gasteiger partial charge in [0.25, 0.3) is 0 Å². The molecule has 1 aromatic carbocycles. The average molecular weight is 672 g/mol. The highest BCUT2D eigenvalue weighted by atomic mass is 19.1. The zero-order valence-electron chi connectivity index (χ0n) is 30.0. The molecule has 2 atom stereocenters. The Labute approximate surface area is 284 Å². The molecule has 2 unspecified atom stereocenters. The van der Waals surface area contributed by atoms with Gasteiger partial charge in [0.2, 0.25) is 0 Å². The largest absolute Gasteiger partial charge is 0.490 e. The van der Waals surface area contributed by atoms with E-state index in [9.17, 15) is 14.9 Å². The van der Waals surface area contributed by atoms with E-state index in [1.54, 1.807) is 27.9 Å². The SMILES string of the molecule is COc1cc(N2CCC(N3CCN(CC4(F)CCN(C(=O)OC(C)(C)C)C(C(C)(C)C)C4)CC3)CC2)c(-c2cnn(C)c2)cc1[N+](=O)[O-]. The van der Waals surface area contributed by atoms with Crippen LogP contribution in [0.5, 0.6) is 5.75 Å². The van der Waals surface area contributed by atoms with Gasteiger partial charge in [-0.1, -0.05) is 20.8 Å². The summed E-state index contributed by atoms with van der Waals surface area (Å²) >= 11 is 0. The number of piperazine rings is 1. The third-order valence-electron chi connectivity index (χ3n) is 10.1. The van der Waals surface area contributed by atoms with Crippen LogP contribution in [0, 0.1) is 15.5 Å². The summed E-state index contributed by atoms with van der Waals surface area (Å²) in [6.07, 6.45) is 5.80. The molecule has 0 spiro atoms. The van der Waals surface area contributed by atoms with Crippen LogP contribution in [0.3, 0.4) is 0 Å². The summed E-state index contributed by atoms with van der Waals surface area (Å²) in [5, 5.41) is 16.1. The summed E-state index contributed by atoms with van der Waals surface area (Å²) in [5.41, 5.74) is 0.210. The summed E-state index contributed by atoms with van der Waals surface area (Å²) in [6, 6.07) is 3.56. The van der Waals surface area contributed by atoms with Crippen LogP contribution >= 0.6 is 0 Å². The maximum absolute atomic E-state index is 16.6. The van der Waals surface area contributed by atoms with Crippen LogP contribution in [0.4, 0.5) is 20.6 Å². The summed E-state index contributed by atoms with van der Waals surface area (Å²) in [7, 11) is 3.29. The molecule has 1 amide bonds. The van der Waals surface area contributed by atoms with Gasteiger partial charge in [0, 0.05) is 119 Å². The molecule has 5 rings (SSSR count). The van der Waals surface area contributed by atoms with Crippen molar-refractivity contribution in [2.75, 3.05) is 64.4 Å². The van der Waals surface area contributed by atoms with E-state index in [4.69, 9.17) is 9.47 Å². The molecule has 1 aromatic heterocycles. The van der Waals surface area contributed by atoms with Crippen LogP contribution in [0.2, 0.25) is 0 Å². The fourth-order valence-electron chi connectivity index (χ4n) is 7.57. The molecular weight excluding hydrogens is 617 g/mol. The van der Waals surface area contributed by atoms with Crippen LogP contribution in [-0.4, -0.2) is 118 Å². The monoisotopic (exact) mass is 671 g/mol. The second kappa shape index (κ2) is 13.8. The maximum Gasteiger partial charge on any atom is 0.410 e. The number of anilines is 1. The minimum absolute atomic E-state index is 0.0644. The predicted octanol–water partition coefficient (Wildman–Crippen LogP) is 5.74. The standard InChI is InChI=1S/C35H54FN7O5/c1-33(2,3)31-21-35(36,11-14-42(31)32(44)48-34(4,5)6)24-39-15-17-40(18-16-39)26-9-12-41(13-10-26)28-20-30(47-8)29(43(45)46)19-27(28)25-22-37-38(7)23-25/h19-20,22-23,26,31H,9-18,21,24H2,1-8H3. The lowest BCUT2D eigenvalue weighted by Crippen LogP contribution is -2.60. The van der Waals surface area contributed by atoms with Gasteiger partial charge >= 0.3 is 11.8 Å². The molecular formula is C35H54FN7O5. The number of hydrogen-bond donors (Lipinski definition) is 0. The van der Waals surface area contributed by atoms with E-state index in [0.29, 0.717) is 32.0 Å². The number of amides is 1. The van der Waals surface area contributed by atoms with Gasteiger partial charge in [-0.05, 0) is 39.0 Å². The normalized spacial score (nSPS) is 23.7. The van der Waals surface area contributed by atoms with Gasteiger partial charge in [0.1, 0.15) is 11.3 Å². The molecule has 48 heavy (non-hydrogen) atoms. The number of aromatic nitrogens is 2. The third kappa shape index (κ3) is 8.22. The molecule has 0 bridgehead atoms. The number of nitrogens with zero attached hydrogens (tertiary/aromatic N) is 7. The molecule has 266 valence electrons. The first kappa shape index (κ1) is 35.8. The number of aryl methyl sites for hydroxylation is 1. The van der Waals surface area contributed by atoms with Gasteiger partial charge in [0.05, 0.1) is 18.2 Å². The quantitative estimate of drug-likeness (QED) is 0.269. The van der Waals surface area contributed by atoms with Crippen molar-refractivity contribution in [1.29, 1.82) is 0 Å². The first-order chi connectivity index (χ1) is 22.5. The Hall–Kier alpha value is -3.45. The fraction of sp³-hybridized carbons (Fsp3) is 0.714. The van der Waals surface area contributed by atoms with E-state index < -0.39 is 16.2 Å². The molecule has 0 aliphatic carbocycles. The number of benzene rings is 1. The number of ether oxygens (including phenoxy) is 2. The Balaban J connectivity index is 1.18. The van der Waals surface area contributed by atoms with Gasteiger partial charge in [0.15, 0.2) is 5.75 Å². The van der Waals surface area contributed by atoms with E-state index in [0.717, 1.165) is 68.9 Å². The van der Waals surface area contributed by atoms with Crippen molar-refractivity contribution < 1.29 is 23.6 Å². The van der Waals surface area contributed by atoms with Gasteiger partial charge < -0.3 is 19.3 Å². The molecule has 3 aliphatic rings. The van der Waals surface area contributed by atoms with Gasteiger partial charge in [-0.3, -0.25) is 24.6 Å². The van der Waals surface area contributed by atoms with Crippen molar-refractivity contribution in [3.63, 3.8) is 0 Å². The lowest BCUT2D eigenvalue weighted by molar-refractivity contribution is -0.385. The lowest BCUT2D eigenvalue weighted by Gasteiger charge is -2.50. The van der Waals surface area contributed by atoms with Crippen molar-refractivity contribution in [1.82, 2.24) is 24.5 Å². The summed E-state index contributed by atoms with van der Waals surface area (Å²) < 4.78 is 29.4. The van der Waals surface area contributed by atoms with Crippen molar-refractivity contribution in [3.8, 4) is 16.9 Å². The average Bonchev–Trinajstić information content (AvgIpc) is 3.45. The Bertz CT molecular complexity index is 1450. The second-order valence-electron chi connectivity index (χ2n) is 15.9. The van der Waals surface area contributed by atoms with E-state index in [-0.39, 0.29) is 29.0 Å². The van der Waals surface area contributed by atoms with Crippen LogP contribution in [0.25, 0.3) is 11.1 Å². The number of rotatable bonds is 7. The summed E-state index contributed by atoms with van der Waals surface area (Å²) in [5.74, 6) is 0.246. The number of nitro groups is 1. The van der Waals surface area contributed by atoms with Crippen molar-refractivity contribution in [3.05, 3.63) is 34.6 Å². The smallest absolute Gasteiger partial charge is 0.410 e. The van der Waals surface area contributed by atoms with Crippen LogP contribution in [0.15, 0.2) is 24.5 Å². The van der Waals surface area contributed by atoms with Gasteiger partial charge in [-0.15, -0.1) is 0 Å². The maximum atomic E-state index is 16.6.